The molecule has 2 rings (SSSR count). The molecule has 6 nitrogen and oxygen atoms in total. The van der Waals surface area contributed by atoms with E-state index in [1.807, 2.05) is 38.1 Å². The highest BCUT2D eigenvalue weighted by molar-refractivity contribution is 6.83. The Morgan fingerprint density at radius 2 is 1.06 bits per heavy atom. The van der Waals surface area contributed by atoms with Crippen LogP contribution in [0.15, 0.2) is 98.0 Å². The van der Waals surface area contributed by atoms with Gasteiger partial charge in [-0.3, -0.25) is 0 Å². The Kier molecular flexibility index (Phi) is 10.9. The van der Waals surface area contributed by atoms with Gasteiger partial charge in [0.1, 0.15) is 17.6 Å². The molecule has 0 heterocycles. The van der Waals surface area contributed by atoms with Crippen LogP contribution in [0.1, 0.15) is 45.7 Å². The van der Waals surface area contributed by atoms with E-state index in [2.05, 4.69) is 32.9 Å². The highest BCUT2D eigenvalue weighted by atomic mass is 28.3. The lowest BCUT2D eigenvalue weighted by atomic mass is 10.1. The van der Waals surface area contributed by atoms with Crippen LogP contribution in [-0.4, -0.2) is 29.5 Å². The summed E-state index contributed by atoms with van der Waals surface area (Å²) in [5, 5.41) is 1.56. The molecule has 0 fully saturated rings. The van der Waals surface area contributed by atoms with Gasteiger partial charge in [-0.05, 0) is 53.1 Å². The monoisotopic (exact) mass is 518 g/mol. The molecule has 0 N–H and O–H groups in total. The van der Waals surface area contributed by atoms with Crippen molar-refractivity contribution in [2.24, 2.45) is 0 Å². The topological polar surface area (TPSA) is 71.1 Å². The molecule has 0 bridgehead atoms. The molecule has 0 aliphatic heterocycles. The lowest BCUT2D eigenvalue weighted by Crippen LogP contribution is -2.33. The summed E-state index contributed by atoms with van der Waals surface area (Å²) < 4.78 is 0. The van der Waals surface area contributed by atoms with Crippen LogP contribution in [0, 0.1) is 0 Å². The molecule has 36 heavy (non-hydrogen) atoms. The fourth-order valence-electron chi connectivity index (χ4n) is 3.34. The lowest BCUT2D eigenvalue weighted by Gasteiger charge is -2.14. The van der Waals surface area contributed by atoms with Crippen molar-refractivity contribution in [1.82, 2.24) is 0 Å². The molecule has 0 saturated heterocycles. The molecule has 2 aromatic carbocycles. The van der Waals surface area contributed by atoms with Crippen LogP contribution in [0.4, 0.5) is 0 Å². The number of carbonyl (C=O) groups excluding carboxylic acids is 2. The average molecular weight is 519 g/mol. The highest BCUT2D eigenvalue weighted by Crippen LogP contribution is 2.12. The third-order valence-corrected chi connectivity index (χ3v) is 9.18. The van der Waals surface area contributed by atoms with E-state index in [0.717, 1.165) is 34.3 Å². The first-order chi connectivity index (χ1) is 17.3. The fraction of sp³-hybridized carbons (Fsp3) is 0.143. The molecular formula is C28H30O6Si2. The van der Waals surface area contributed by atoms with Crippen molar-refractivity contribution in [1.29, 1.82) is 0 Å². The van der Waals surface area contributed by atoms with Crippen LogP contribution < -0.4 is 10.4 Å². The molecule has 0 amide bonds. The number of rotatable bonds is 14. The van der Waals surface area contributed by atoms with Gasteiger partial charge < -0.3 is 0 Å². The second-order valence-corrected chi connectivity index (χ2v) is 12.0. The van der Waals surface area contributed by atoms with Crippen molar-refractivity contribution in [3.63, 3.8) is 0 Å². The molecule has 2 aromatic rings. The summed E-state index contributed by atoms with van der Waals surface area (Å²) in [5.74, 6) is -2.03. The summed E-state index contributed by atoms with van der Waals surface area (Å²) in [6, 6.07) is 10.9. The molecule has 0 saturated carbocycles. The molecule has 8 heteroatoms. The Morgan fingerprint density at radius 1 is 0.694 bits per heavy atom. The van der Waals surface area contributed by atoms with E-state index in [1.54, 1.807) is 34.9 Å². The molecule has 186 valence electrons. The number of hydrogen-bond acceptors (Lipinski definition) is 6. The third-order valence-electron chi connectivity index (χ3n) is 5.35. The summed E-state index contributed by atoms with van der Waals surface area (Å²) in [5.41, 5.74) is 9.87. The van der Waals surface area contributed by atoms with Crippen LogP contribution in [0.3, 0.4) is 0 Å². The van der Waals surface area contributed by atoms with Crippen molar-refractivity contribution in [2.45, 2.75) is 26.7 Å². The van der Waals surface area contributed by atoms with E-state index in [9.17, 15) is 9.59 Å². The Labute approximate surface area is 215 Å². The SMILES string of the molecule is C=C[Si](C=C)c1cc(CC)ccc1C(=O)OOC(=C)OOC(=O)c1ccc(CC)cc1[Si](C=C)C=C. The van der Waals surface area contributed by atoms with E-state index in [-0.39, 0.29) is 0 Å². The van der Waals surface area contributed by atoms with Gasteiger partial charge >= 0.3 is 17.9 Å². The minimum atomic E-state index is -1.38. The fourth-order valence-corrected chi connectivity index (χ4v) is 6.25. The van der Waals surface area contributed by atoms with Crippen molar-refractivity contribution >= 4 is 39.9 Å². The predicted molar refractivity (Wildman–Crippen MR) is 145 cm³/mol. The molecule has 0 unspecified atom stereocenters. The summed E-state index contributed by atoms with van der Waals surface area (Å²) in [7, 11) is -2.76. The van der Waals surface area contributed by atoms with Crippen molar-refractivity contribution in [2.75, 3.05) is 0 Å². The average Bonchev–Trinajstić information content (AvgIpc) is 2.91. The van der Waals surface area contributed by atoms with Gasteiger partial charge in [-0.25, -0.2) is 29.1 Å². The molecule has 2 radical (unpaired) electrons. The Balaban J connectivity index is 2.07. The minimum absolute atomic E-state index is 0.315. The molecular weight excluding hydrogens is 488 g/mol. The van der Waals surface area contributed by atoms with Crippen LogP contribution >= 0.6 is 0 Å². The second-order valence-electron chi connectivity index (χ2n) is 7.47. The van der Waals surface area contributed by atoms with Crippen LogP contribution in [-0.2, 0) is 32.4 Å². The molecule has 0 aromatic heterocycles. The van der Waals surface area contributed by atoms with Gasteiger partial charge in [-0.15, -0.1) is 26.3 Å². The van der Waals surface area contributed by atoms with E-state index in [4.69, 9.17) is 19.6 Å². The Bertz CT molecular complexity index is 1070. The van der Waals surface area contributed by atoms with Crippen LogP contribution in [0.5, 0.6) is 0 Å². The van der Waals surface area contributed by atoms with Gasteiger partial charge in [0, 0.05) is 0 Å². The normalized spacial score (nSPS) is 10.3. The van der Waals surface area contributed by atoms with Gasteiger partial charge in [-0.2, -0.15) is 0 Å². The molecule has 0 atom stereocenters. The zero-order valence-electron chi connectivity index (χ0n) is 20.7. The number of carbonyl (C=O) groups is 2. The minimum Gasteiger partial charge on any atom is -0.243 e. The maximum Gasteiger partial charge on any atom is 0.386 e. The summed E-state index contributed by atoms with van der Waals surface area (Å²) in [6.07, 6.45) is 1.62. The number of hydrogen-bond donors (Lipinski definition) is 0. The standard InChI is InChI=1S/C28H30O6Si2/c1-8-21-14-16-23(25(18-21)35(10-3)11-4)27(29)33-31-20(7)32-34-28(30)24-17-15-22(9-2)19-26(24)36(12-5)13-6/h10-19H,3-9H2,1-2H3. The second kappa shape index (κ2) is 13.9. The van der Waals surface area contributed by atoms with Gasteiger partial charge in [0.25, 0.3) is 0 Å². The van der Waals surface area contributed by atoms with E-state index < -0.39 is 35.5 Å². The van der Waals surface area contributed by atoms with Crippen molar-refractivity contribution < 1.29 is 29.1 Å². The van der Waals surface area contributed by atoms with Gasteiger partial charge in [0.2, 0.25) is 0 Å². The van der Waals surface area contributed by atoms with Gasteiger partial charge in [0.15, 0.2) is 0 Å². The van der Waals surface area contributed by atoms with E-state index in [1.165, 1.54) is 0 Å². The van der Waals surface area contributed by atoms with Crippen molar-refractivity contribution in [3.8, 4) is 0 Å². The highest BCUT2D eigenvalue weighted by Gasteiger charge is 2.22. The van der Waals surface area contributed by atoms with E-state index >= 15 is 0 Å². The maximum absolute atomic E-state index is 12.7. The Morgan fingerprint density at radius 3 is 1.36 bits per heavy atom. The molecule has 0 spiro atoms. The van der Waals surface area contributed by atoms with Crippen LogP contribution in [0.25, 0.3) is 0 Å². The molecule has 0 aliphatic carbocycles. The summed E-state index contributed by atoms with van der Waals surface area (Å²) in [6.45, 7) is 22.9. The van der Waals surface area contributed by atoms with Gasteiger partial charge in [0.05, 0.1) is 11.1 Å². The lowest BCUT2D eigenvalue weighted by molar-refractivity contribution is -0.317. The first-order valence-corrected chi connectivity index (χ1v) is 14.6. The van der Waals surface area contributed by atoms with Crippen molar-refractivity contribution in [3.05, 3.63) is 120 Å². The van der Waals surface area contributed by atoms with Crippen LogP contribution in [0.2, 0.25) is 0 Å². The zero-order chi connectivity index (χ0) is 26.7. The quantitative estimate of drug-likeness (QED) is 0.159. The van der Waals surface area contributed by atoms with Gasteiger partial charge in [-0.1, -0.05) is 60.9 Å². The first-order valence-electron chi connectivity index (χ1n) is 11.3. The number of aryl methyl sites for hydroxylation is 2. The predicted octanol–water partition coefficient (Wildman–Crippen LogP) is 4.46. The number of benzene rings is 2. The maximum atomic E-state index is 12.7. The summed E-state index contributed by atoms with van der Waals surface area (Å²) >= 11 is 0. The largest absolute Gasteiger partial charge is 0.386 e. The zero-order valence-corrected chi connectivity index (χ0v) is 22.7. The Hall–Kier alpha value is -3.89. The summed E-state index contributed by atoms with van der Waals surface area (Å²) in [4.78, 5) is 44.8. The smallest absolute Gasteiger partial charge is 0.243 e. The first kappa shape index (κ1) is 28.4. The van der Waals surface area contributed by atoms with E-state index in [0.29, 0.717) is 11.1 Å². The third kappa shape index (κ3) is 7.06. The molecule has 0 aliphatic rings.